The molecule has 0 aromatic heterocycles. The average Bonchev–Trinajstić information content (AvgIpc) is 2.76. The first-order valence-electron chi connectivity index (χ1n) is 14.4. The maximum absolute atomic E-state index is 12.0. The molecule has 0 N–H and O–H groups in total. The Labute approximate surface area is 209 Å². The van der Waals surface area contributed by atoms with Crippen molar-refractivity contribution >= 4 is 8.03 Å². The van der Waals surface area contributed by atoms with Crippen molar-refractivity contribution in [2.75, 3.05) is 21.1 Å². The summed E-state index contributed by atoms with van der Waals surface area (Å²) in [5, 5.41) is -0.597. The van der Waals surface area contributed by atoms with Crippen LogP contribution in [-0.4, -0.2) is 30.9 Å². The monoisotopic (exact) mass is 484 g/mol. The second kappa shape index (κ2) is 21.1. The molecule has 0 aliphatic carbocycles. The molecule has 3 nitrogen and oxygen atoms in total. The van der Waals surface area contributed by atoms with Gasteiger partial charge in [0.1, 0.15) is 0 Å². The molecule has 0 aromatic carbocycles. The average molecular weight is 485 g/mol. The first-order valence-corrected chi connectivity index (χ1v) is 15.6. The molecule has 0 rings (SSSR count). The van der Waals surface area contributed by atoms with Crippen molar-refractivity contribution in [2.45, 2.75) is 154 Å². The summed E-state index contributed by atoms with van der Waals surface area (Å²) in [6.07, 6.45) is 31.6. The summed E-state index contributed by atoms with van der Waals surface area (Å²) in [6.45, 7) is 4.28. The molecule has 0 aliphatic rings. The molecule has 33 heavy (non-hydrogen) atoms. The van der Waals surface area contributed by atoms with Crippen LogP contribution < -0.4 is 4.89 Å². The number of quaternary nitrogens is 1. The predicted molar refractivity (Wildman–Crippen MR) is 146 cm³/mol. The van der Waals surface area contributed by atoms with Crippen LogP contribution in [0, 0.1) is 0 Å². The van der Waals surface area contributed by atoms with Gasteiger partial charge in [-0.25, -0.2) is 0 Å². The number of allylic oxidation sites excluding steroid dienone is 2. The van der Waals surface area contributed by atoms with Crippen molar-refractivity contribution in [3.63, 3.8) is 0 Å². The third-order valence-electron chi connectivity index (χ3n) is 7.49. The van der Waals surface area contributed by atoms with Crippen LogP contribution in [0.3, 0.4) is 0 Å². The third kappa shape index (κ3) is 16.1. The summed E-state index contributed by atoms with van der Waals surface area (Å²) in [4.78, 5) is 12.0. The maximum Gasteiger partial charge on any atom is 0.376 e. The molecular weight excluding hydrogens is 425 g/mol. The minimum absolute atomic E-state index is 0.513. The Hall–Kier alpha value is -0.240. The van der Waals surface area contributed by atoms with Gasteiger partial charge < -0.3 is 4.89 Å². The van der Waals surface area contributed by atoms with E-state index in [-0.39, 0.29) is 0 Å². The molecule has 0 bridgehead atoms. The molecule has 196 valence electrons. The Bertz CT molecular complexity index is 487. The van der Waals surface area contributed by atoms with Gasteiger partial charge in [-0.05, 0) is 32.1 Å². The van der Waals surface area contributed by atoms with E-state index in [0.29, 0.717) is 10.9 Å². The molecule has 0 amide bonds. The zero-order valence-electron chi connectivity index (χ0n) is 23.2. The predicted octanol–water partition coefficient (Wildman–Crippen LogP) is 9.28. The molecule has 0 fully saturated rings. The molecule has 0 saturated heterocycles. The lowest BCUT2D eigenvalue weighted by atomic mass is 10.0. The number of nitrogens with zero attached hydrogens (tertiary/aromatic N) is 1. The SMILES string of the molecule is CCCCC/C=C\CCCCCCCCCCCCCCCCC(CC)([P+](=O)[O-])[N+](C)(C)C. The second-order valence-electron chi connectivity index (χ2n) is 11.1. The number of rotatable bonds is 24. The van der Waals surface area contributed by atoms with Gasteiger partial charge in [0, 0.05) is 12.8 Å². The van der Waals surface area contributed by atoms with Crippen molar-refractivity contribution in [1.82, 2.24) is 0 Å². The van der Waals surface area contributed by atoms with Crippen LogP contribution in [0.4, 0.5) is 0 Å². The highest BCUT2D eigenvalue weighted by atomic mass is 31.1. The van der Waals surface area contributed by atoms with Gasteiger partial charge in [0.15, 0.2) is 0 Å². The van der Waals surface area contributed by atoms with Crippen LogP contribution in [-0.2, 0) is 4.57 Å². The van der Waals surface area contributed by atoms with Crippen LogP contribution in [0.15, 0.2) is 12.2 Å². The van der Waals surface area contributed by atoms with Crippen LogP contribution in [0.5, 0.6) is 0 Å². The number of hydrogen-bond acceptors (Lipinski definition) is 2. The fourth-order valence-corrected chi connectivity index (χ4v) is 6.08. The highest BCUT2D eigenvalue weighted by molar-refractivity contribution is 7.38. The van der Waals surface area contributed by atoms with Gasteiger partial charge in [0.25, 0.3) is 5.28 Å². The van der Waals surface area contributed by atoms with Crippen molar-refractivity contribution in [3.05, 3.63) is 12.2 Å². The van der Waals surface area contributed by atoms with Crippen LogP contribution in [0.2, 0.25) is 0 Å². The van der Waals surface area contributed by atoms with Crippen LogP contribution in [0.1, 0.15) is 149 Å². The minimum Gasteiger partial charge on any atom is -0.590 e. The Kier molecular flexibility index (Phi) is 20.9. The molecule has 2 atom stereocenters. The molecule has 4 heteroatoms. The van der Waals surface area contributed by atoms with Gasteiger partial charge >= 0.3 is 8.03 Å². The highest BCUT2D eigenvalue weighted by Crippen LogP contribution is 2.44. The molecule has 0 heterocycles. The van der Waals surface area contributed by atoms with Gasteiger partial charge in [-0.3, -0.25) is 4.48 Å². The van der Waals surface area contributed by atoms with Gasteiger partial charge in [-0.1, -0.05) is 120 Å². The van der Waals surface area contributed by atoms with Gasteiger partial charge in [0.2, 0.25) is 0 Å². The normalized spacial score (nSPS) is 14.7. The smallest absolute Gasteiger partial charge is 0.376 e. The van der Waals surface area contributed by atoms with E-state index >= 15 is 0 Å². The van der Waals surface area contributed by atoms with Gasteiger partial charge in [-0.15, -0.1) is 0 Å². The molecule has 0 radical (unpaired) electrons. The topological polar surface area (TPSA) is 40.1 Å². The largest absolute Gasteiger partial charge is 0.590 e. The van der Waals surface area contributed by atoms with E-state index in [4.69, 9.17) is 0 Å². The Balaban J connectivity index is 3.46. The van der Waals surface area contributed by atoms with Gasteiger partial charge in [-0.2, -0.15) is 0 Å². The molecular formula is C29H59NO2P+. The van der Waals surface area contributed by atoms with E-state index in [1.807, 2.05) is 28.1 Å². The van der Waals surface area contributed by atoms with Crippen molar-refractivity contribution in [2.24, 2.45) is 0 Å². The minimum atomic E-state index is -2.41. The first-order chi connectivity index (χ1) is 15.8. The third-order valence-corrected chi connectivity index (χ3v) is 9.31. The summed E-state index contributed by atoms with van der Waals surface area (Å²) < 4.78 is 12.5. The zero-order valence-corrected chi connectivity index (χ0v) is 24.1. The van der Waals surface area contributed by atoms with E-state index < -0.39 is 13.3 Å². The van der Waals surface area contributed by atoms with E-state index in [0.717, 1.165) is 12.8 Å². The lowest BCUT2D eigenvalue weighted by Gasteiger charge is -2.39. The molecule has 0 aromatic rings. The summed E-state index contributed by atoms with van der Waals surface area (Å²) in [5.74, 6) is 0. The van der Waals surface area contributed by atoms with E-state index in [1.54, 1.807) is 0 Å². The molecule has 0 aliphatic heterocycles. The Morgan fingerprint density at radius 2 is 1.00 bits per heavy atom. The van der Waals surface area contributed by atoms with Crippen molar-refractivity contribution < 1.29 is 13.9 Å². The summed E-state index contributed by atoms with van der Waals surface area (Å²) in [7, 11) is 3.64. The number of unbranched alkanes of at least 4 members (excludes halogenated alkanes) is 17. The van der Waals surface area contributed by atoms with E-state index in [9.17, 15) is 9.46 Å². The lowest BCUT2D eigenvalue weighted by Crippen LogP contribution is -2.55. The summed E-state index contributed by atoms with van der Waals surface area (Å²) in [6, 6.07) is 0. The van der Waals surface area contributed by atoms with E-state index in [1.165, 1.54) is 116 Å². The Morgan fingerprint density at radius 3 is 1.33 bits per heavy atom. The lowest BCUT2D eigenvalue weighted by molar-refractivity contribution is -0.910. The first kappa shape index (κ1) is 32.8. The standard InChI is InChI=1S/C29H59NO2P/c1-6-8-9-10-11-12-13-14-15-16-17-18-19-20-21-22-23-24-25-26-27-28-29(7-2,33(31)32)30(3,4)5/h11-12H,6-10,13-28H2,1-5H3/q+1/b12-11-. The fourth-order valence-electron chi connectivity index (χ4n) is 4.99. The summed E-state index contributed by atoms with van der Waals surface area (Å²) in [5.41, 5.74) is 0. The summed E-state index contributed by atoms with van der Waals surface area (Å²) >= 11 is 0. The quantitative estimate of drug-likeness (QED) is 0.0592. The van der Waals surface area contributed by atoms with Crippen molar-refractivity contribution in [3.8, 4) is 0 Å². The fraction of sp³-hybridized carbons (Fsp3) is 0.931. The Morgan fingerprint density at radius 1 is 0.636 bits per heavy atom. The number of hydrogen-bond donors (Lipinski definition) is 0. The van der Waals surface area contributed by atoms with Gasteiger partial charge in [0.05, 0.1) is 21.1 Å². The van der Waals surface area contributed by atoms with Crippen LogP contribution in [0.25, 0.3) is 0 Å². The second-order valence-corrected chi connectivity index (χ2v) is 12.4. The molecule has 0 spiro atoms. The maximum atomic E-state index is 12.0. The zero-order chi connectivity index (χ0) is 24.8. The molecule has 0 saturated carbocycles. The van der Waals surface area contributed by atoms with Crippen LogP contribution >= 0.6 is 8.03 Å². The van der Waals surface area contributed by atoms with Crippen molar-refractivity contribution in [1.29, 1.82) is 0 Å². The molecule has 2 unspecified atom stereocenters. The van der Waals surface area contributed by atoms with E-state index in [2.05, 4.69) is 19.1 Å². The highest BCUT2D eigenvalue weighted by Gasteiger charge is 2.52.